The highest BCUT2D eigenvalue weighted by Crippen LogP contribution is 2.33. The van der Waals surface area contributed by atoms with Gasteiger partial charge in [-0.3, -0.25) is 10.00 Å². The van der Waals surface area contributed by atoms with Crippen molar-refractivity contribution in [2.24, 2.45) is 0 Å². The van der Waals surface area contributed by atoms with Gasteiger partial charge < -0.3 is 5.11 Å². The quantitative estimate of drug-likeness (QED) is 0.767. The second-order valence-corrected chi connectivity index (χ2v) is 6.48. The van der Waals surface area contributed by atoms with Crippen LogP contribution in [0, 0.1) is 5.82 Å². The fourth-order valence-corrected chi connectivity index (χ4v) is 3.60. The van der Waals surface area contributed by atoms with E-state index in [9.17, 15) is 9.50 Å². The number of rotatable bonds is 4. The molecule has 2 unspecified atom stereocenters. The van der Waals surface area contributed by atoms with Crippen LogP contribution in [0.5, 0.6) is 0 Å². The SMILES string of the molecule is OC1CCN(C(c2cn[nH]c2)c2cccc(-c3ccccc3F)c2)C1. The Bertz CT molecular complexity index is 850. The number of nitrogens with zero attached hydrogens (tertiary/aromatic N) is 2. The van der Waals surface area contributed by atoms with E-state index in [0.717, 1.165) is 29.7 Å². The van der Waals surface area contributed by atoms with Crippen molar-refractivity contribution in [3.05, 3.63) is 77.9 Å². The molecule has 4 rings (SSSR count). The van der Waals surface area contributed by atoms with Crippen LogP contribution in [0.3, 0.4) is 0 Å². The Hall–Kier alpha value is -2.50. The summed E-state index contributed by atoms with van der Waals surface area (Å²) < 4.78 is 14.2. The zero-order valence-electron chi connectivity index (χ0n) is 13.8. The summed E-state index contributed by atoms with van der Waals surface area (Å²) >= 11 is 0. The zero-order valence-corrected chi connectivity index (χ0v) is 13.8. The van der Waals surface area contributed by atoms with Crippen molar-refractivity contribution in [2.75, 3.05) is 13.1 Å². The molecule has 1 aliphatic rings. The number of aromatic nitrogens is 2. The fraction of sp³-hybridized carbons (Fsp3) is 0.250. The number of aliphatic hydroxyl groups is 1. The standard InChI is InChI=1S/C20H20FN3O/c21-19-7-2-1-6-18(19)14-4-3-5-15(10-14)20(16-11-22-23-12-16)24-9-8-17(25)13-24/h1-7,10-12,17,20,25H,8-9,13H2,(H,22,23). The van der Waals surface area contributed by atoms with Crippen molar-refractivity contribution in [3.8, 4) is 11.1 Å². The van der Waals surface area contributed by atoms with Gasteiger partial charge in [0.15, 0.2) is 0 Å². The molecule has 2 heterocycles. The first-order chi connectivity index (χ1) is 12.2. The Labute approximate surface area is 145 Å². The van der Waals surface area contributed by atoms with E-state index < -0.39 is 0 Å². The molecular weight excluding hydrogens is 317 g/mol. The molecule has 1 saturated heterocycles. The summed E-state index contributed by atoms with van der Waals surface area (Å²) in [6.07, 6.45) is 4.15. The van der Waals surface area contributed by atoms with Gasteiger partial charge in [-0.2, -0.15) is 5.10 Å². The third kappa shape index (κ3) is 3.21. The summed E-state index contributed by atoms with van der Waals surface area (Å²) in [4.78, 5) is 2.25. The molecule has 4 nitrogen and oxygen atoms in total. The minimum atomic E-state index is -0.302. The highest BCUT2D eigenvalue weighted by atomic mass is 19.1. The molecule has 0 aliphatic carbocycles. The van der Waals surface area contributed by atoms with E-state index in [1.807, 2.05) is 42.7 Å². The molecule has 1 aromatic heterocycles. The summed E-state index contributed by atoms with van der Waals surface area (Å²) in [5.41, 5.74) is 3.55. The smallest absolute Gasteiger partial charge is 0.131 e. The summed E-state index contributed by atoms with van der Waals surface area (Å²) in [6, 6.07) is 14.8. The molecule has 1 aliphatic heterocycles. The average molecular weight is 337 g/mol. The Balaban J connectivity index is 1.75. The molecule has 0 radical (unpaired) electrons. The fourth-order valence-electron chi connectivity index (χ4n) is 3.60. The van der Waals surface area contributed by atoms with Crippen LogP contribution in [0.2, 0.25) is 0 Å². The number of aromatic amines is 1. The van der Waals surface area contributed by atoms with E-state index in [4.69, 9.17) is 0 Å². The van der Waals surface area contributed by atoms with Crippen LogP contribution in [-0.2, 0) is 0 Å². The van der Waals surface area contributed by atoms with E-state index in [0.29, 0.717) is 12.1 Å². The van der Waals surface area contributed by atoms with Crippen LogP contribution in [0.4, 0.5) is 4.39 Å². The Morgan fingerprint density at radius 1 is 1.16 bits per heavy atom. The van der Waals surface area contributed by atoms with Crippen molar-refractivity contribution in [1.29, 1.82) is 0 Å². The van der Waals surface area contributed by atoms with Gasteiger partial charge in [0.05, 0.1) is 18.3 Å². The topological polar surface area (TPSA) is 52.1 Å². The highest BCUT2D eigenvalue weighted by molar-refractivity contribution is 5.65. The van der Waals surface area contributed by atoms with Crippen molar-refractivity contribution < 1.29 is 9.50 Å². The maximum atomic E-state index is 14.2. The molecule has 0 amide bonds. The third-order valence-corrected chi connectivity index (χ3v) is 4.78. The highest BCUT2D eigenvalue weighted by Gasteiger charge is 2.30. The molecule has 5 heteroatoms. The second kappa shape index (κ2) is 6.78. The van der Waals surface area contributed by atoms with E-state index in [1.165, 1.54) is 6.07 Å². The first-order valence-corrected chi connectivity index (χ1v) is 8.48. The molecule has 1 fully saturated rings. The average Bonchev–Trinajstić information content (AvgIpc) is 3.29. The number of halogens is 1. The first kappa shape index (κ1) is 16.0. The van der Waals surface area contributed by atoms with E-state index in [1.54, 1.807) is 12.1 Å². The number of nitrogens with one attached hydrogen (secondary N) is 1. The lowest BCUT2D eigenvalue weighted by Gasteiger charge is -2.27. The third-order valence-electron chi connectivity index (χ3n) is 4.78. The maximum absolute atomic E-state index is 14.2. The molecule has 2 atom stereocenters. The van der Waals surface area contributed by atoms with Crippen LogP contribution in [0.15, 0.2) is 60.9 Å². The van der Waals surface area contributed by atoms with Gasteiger partial charge in [-0.1, -0.05) is 36.4 Å². The van der Waals surface area contributed by atoms with Gasteiger partial charge in [-0.05, 0) is 29.7 Å². The largest absolute Gasteiger partial charge is 0.392 e. The molecule has 3 aromatic rings. The summed E-state index contributed by atoms with van der Waals surface area (Å²) in [5, 5.41) is 16.9. The number of hydrogen-bond donors (Lipinski definition) is 2. The van der Waals surface area contributed by atoms with Gasteiger partial charge in [0, 0.05) is 30.4 Å². The van der Waals surface area contributed by atoms with E-state index >= 15 is 0 Å². The van der Waals surface area contributed by atoms with Gasteiger partial charge in [-0.25, -0.2) is 4.39 Å². The molecule has 128 valence electrons. The summed E-state index contributed by atoms with van der Waals surface area (Å²) in [7, 11) is 0. The molecule has 2 N–H and O–H groups in total. The Kier molecular flexibility index (Phi) is 4.34. The molecule has 2 aromatic carbocycles. The van der Waals surface area contributed by atoms with Gasteiger partial charge >= 0.3 is 0 Å². The zero-order chi connectivity index (χ0) is 17.2. The van der Waals surface area contributed by atoms with Crippen molar-refractivity contribution in [3.63, 3.8) is 0 Å². The summed E-state index contributed by atoms with van der Waals surface area (Å²) in [5.74, 6) is -0.226. The normalized spacial score (nSPS) is 19.2. The number of aliphatic hydroxyl groups excluding tert-OH is 1. The summed E-state index contributed by atoms with van der Waals surface area (Å²) in [6.45, 7) is 1.45. The molecule has 25 heavy (non-hydrogen) atoms. The number of β-amino-alcohol motifs (C(OH)–C–C–N with tert-alkyl or cyclic N) is 1. The minimum Gasteiger partial charge on any atom is -0.392 e. The van der Waals surface area contributed by atoms with Crippen molar-refractivity contribution >= 4 is 0 Å². The predicted molar refractivity (Wildman–Crippen MR) is 94.5 cm³/mol. The molecule has 0 saturated carbocycles. The molecule has 0 spiro atoms. The van der Waals surface area contributed by atoms with E-state index in [2.05, 4.69) is 15.1 Å². The van der Waals surface area contributed by atoms with Gasteiger partial charge in [-0.15, -0.1) is 0 Å². The second-order valence-electron chi connectivity index (χ2n) is 6.48. The predicted octanol–water partition coefficient (Wildman–Crippen LogP) is 3.37. The lowest BCUT2D eigenvalue weighted by Crippen LogP contribution is -2.28. The Morgan fingerprint density at radius 2 is 2.04 bits per heavy atom. The maximum Gasteiger partial charge on any atom is 0.131 e. The molecular formula is C20H20FN3O. The Morgan fingerprint density at radius 3 is 2.76 bits per heavy atom. The number of H-pyrrole nitrogens is 1. The number of likely N-dealkylation sites (tertiary alicyclic amines) is 1. The van der Waals surface area contributed by atoms with Crippen molar-refractivity contribution in [1.82, 2.24) is 15.1 Å². The van der Waals surface area contributed by atoms with Gasteiger partial charge in [0.1, 0.15) is 5.82 Å². The van der Waals surface area contributed by atoms with E-state index in [-0.39, 0.29) is 18.0 Å². The number of hydrogen-bond acceptors (Lipinski definition) is 3. The van der Waals surface area contributed by atoms with Crippen LogP contribution in [0.1, 0.15) is 23.6 Å². The van der Waals surface area contributed by atoms with Crippen LogP contribution in [0.25, 0.3) is 11.1 Å². The van der Waals surface area contributed by atoms with Gasteiger partial charge in [0.25, 0.3) is 0 Å². The number of benzene rings is 2. The van der Waals surface area contributed by atoms with Crippen LogP contribution in [-0.4, -0.2) is 39.4 Å². The first-order valence-electron chi connectivity index (χ1n) is 8.48. The lowest BCUT2D eigenvalue weighted by atomic mass is 9.95. The van der Waals surface area contributed by atoms with Crippen molar-refractivity contribution in [2.45, 2.75) is 18.6 Å². The monoisotopic (exact) mass is 337 g/mol. The van der Waals surface area contributed by atoms with Crippen LogP contribution >= 0.6 is 0 Å². The minimum absolute atomic E-state index is 0.0115. The lowest BCUT2D eigenvalue weighted by molar-refractivity contribution is 0.167. The van der Waals surface area contributed by atoms with Crippen LogP contribution < -0.4 is 0 Å². The molecule has 0 bridgehead atoms. The van der Waals surface area contributed by atoms with Gasteiger partial charge in [0.2, 0.25) is 0 Å².